The van der Waals surface area contributed by atoms with Gasteiger partial charge in [-0.05, 0) is 25.7 Å². The van der Waals surface area contributed by atoms with Gasteiger partial charge in [-0.3, -0.25) is 4.79 Å². The van der Waals surface area contributed by atoms with E-state index in [0.717, 1.165) is 17.8 Å². The number of thiazole rings is 1. The number of urea groups is 1. The number of amides is 2. The summed E-state index contributed by atoms with van der Waals surface area (Å²) in [6, 6.07) is -0.0112. The third-order valence-electron chi connectivity index (χ3n) is 4.17. The molecule has 0 saturated heterocycles. The number of hydrogen-bond acceptors (Lipinski definition) is 4. The molecule has 6 nitrogen and oxygen atoms in total. The van der Waals surface area contributed by atoms with Gasteiger partial charge in [-0.25, -0.2) is 9.78 Å². The van der Waals surface area contributed by atoms with E-state index in [9.17, 15) is 9.59 Å². The SMILES string of the molecule is CC(CN(C)C(=O)NC1CCC(C(=O)O)CC1)c1nccs1. The van der Waals surface area contributed by atoms with E-state index >= 15 is 0 Å². The Morgan fingerprint density at radius 2 is 2.14 bits per heavy atom. The van der Waals surface area contributed by atoms with E-state index in [1.54, 1.807) is 29.5 Å². The molecule has 7 heteroatoms. The van der Waals surface area contributed by atoms with Gasteiger partial charge in [0.2, 0.25) is 0 Å². The molecule has 2 N–H and O–H groups in total. The van der Waals surface area contributed by atoms with E-state index in [4.69, 9.17) is 5.11 Å². The standard InChI is InChI=1S/C15H23N3O3S/c1-10(13-16-7-8-22-13)9-18(2)15(21)17-12-5-3-11(4-6-12)14(19)20/h7-8,10-12H,3-6,9H2,1-2H3,(H,17,21)(H,19,20). The molecule has 1 aliphatic rings. The first kappa shape index (κ1) is 16.7. The van der Waals surface area contributed by atoms with Gasteiger partial charge in [-0.1, -0.05) is 6.92 Å². The van der Waals surface area contributed by atoms with Crippen molar-refractivity contribution in [3.8, 4) is 0 Å². The fourth-order valence-corrected chi connectivity index (χ4v) is 3.51. The van der Waals surface area contributed by atoms with Gasteiger partial charge in [0.05, 0.1) is 10.9 Å². The number of nitrogens with zero attached hydrogens (tertiary/aromatic N) is 2. The number of aromatic nitrogens is 1. The maximum atomic E-state index is 12.2. The van der Waals surface area contributed by atoms with Gasteiger partial charge in [0.1, 0.15) is 0 Å². The van der Waals surface area contributed by atoms with Crippen LogP contribution in [0.3, 0.4) is 0 Å². The lowest BCUT2D eigenvalue weighted by molar-refractivity contribution is -0.142. The summed E-state index contributed by atoms with van der Waals surface area (Å²) < 4.78 is 0. The van der Waals surface area contributed by atoms with Crippen LogP contribution in [0.25, 0.3) is 0 Å². The van der Waals surface area contributed by atoms with E-state index in [-0.39, 0.29) is 23.9 Å². The molecule has 1 unspecified atom stereocenters. The van der Waals surface area contributed by atoms with E-state index in [1.165, 1.54) is 0 Å². The molecule has 2 amide bonds. The molecule has 22 heavy (non-hydrogen) atoms. The van der Waals surface area contributed by atoms with Crippen molar-refractivity contribution in [2.75, 3.05) is 13.6 Å². The monoisotopic (exact) mass is 325 g/mol. The molecule has 0 bridgehead atoms. The number of carboxylic acids is 1. The Labute approximate surface area is 134 Å². The van der Waals surface area contributed by atoms with Crippen molar-refractivity contribution in [1.82, 2.24) is 15.2 Å². The summed E-state index contributed by atoms with van der Waals surface area (Å²) in [7, 11) is 1.78. The quantitative estimate of drug-likeness (QED) is 0.871. The van der Waals surface area contributed by atoms with Crippen molar-refractivity contribution >= 4 is 23.3 Å². The number of carboxylic acid groups (broad SMARTS) is 1. The molecular formula is C15H23N3O3S. The summed E-state index contributed by atoms with van der Waals surface area (Å²) in [5, 5.41) is 15.0. The summed E-state index contributed by atoms with van der Waals surface area (Å²) in [5.74, 6) is -0.770. The Morgan fingerprint density at radius 3 is 2.68 bits per heavy atom. The predicted octanol–water partition coefficient (Wildman–Crippen LogP) is 2.53. The zero-order valence-electron chi connectivity index (χ0n) is 13.0. The van der Waals surface area contributed by atoms with Gasteiger partial charge >= 0.3 is 12.0 Å². The van der Waals surface area contributed by atoms with E-state index in [2.05, 4.69) is 17.2 Å². The topological polar surface area (TPSA) is 82.5 Å². The number of likely N-dealkylation sites (N-methyl/N-ethyl adjacent to an activating group) is 1. The van der Waals surface area contributed by atoms with Gasteiger partial charge in [-0.15, -0.1) is 11.3 Å². The smallest absolute Gasteiger partial charge is 0.317 e. The minimum Gasteiger partial charge on any atom is -0.481 e. The third-order valence-corrected chi connectivity index (χ3v) is 5.18. The minimum absolute atomic E-state index is 0.0840. The number of rotatable bonds is 5. The van der Waals surface area contributed by atoms with Crippen LogP contribution >= 0.6 is 11.3 Å². The van der Waals surface area contributed by atoms with Crippen molar-refractivity contribution in [2.24, 2.45) is 5.92 Å². The van der Waals surface area contributed by atoms with Crippen molar-refractivity contribution < 1.29 is 14.7 Å². The highest BCUT2D eigenvalue weighted by Gasteiger charge is 2.27. The van der Waals surface area contributed by atoms with Crippen LogP contribution < -0.4 is 5.32 Å². The van der Waals surface area contributed by atoms with Crippen LogP contribution in [0.15, 0.2) is 11.6 Å². The Bertz CT molecular complexity index is 498. The lowest BCUT2D eigenvalue weighted by atomic mass is 9.86. The Balaban J connectivity index is 1.76. The van der Waals surface area contributed by atoms with Gasteiger partial charge in [-0.2, -0.15) is 0 Å². The number of nitrogens with one attached hydrogen (secondary N) is 1. The number of carbonyl (C=O) groups excluding carboxylic acids is 1. The molecule has 122 valence electrons. The molecule has 2 rings (SSSR count). The highest BCUT2D eigenvalue weighted by Crippen LogP contribution is 2.24. The van der Waals surface area contributed by atoms with E-state index < -0.39 is 5.97 Å². The first-order valence-electron chi connectivity index (χ1n) is 7.61. The maximum absolute atomic E-state index is 12.2. The molecule has 1 fully saturated rings. The summed E-state index contributed by atoms with van der Waals surface area (Å²) in [5.41, 5.74) is 0. The van der Waals surface area contributed by atoms with Crippen molar-refractivity contribution in [3.05, 3.63) is 16.6 Å². The molecule has 1 aromatic rings. The predicted molar refractivity (Wildman–Crippen MR) is 85.1 cm³/mol. The highest BCUT2D eigenvalue weighted by molar-refractivity contribution is 7.09. The minimum atomic E-state index is -0.723. The van der Waals surface area contributed by atoms with E-state index in [0.29, 0.717) is 19.4 Å². The Hall–Kier alpha value is -1.63. The van der Waals surface area contributed by atoms with Gasteiger partial charge in [0.25, 0.3) is 0 Å². The molecule has 1 heterocycles. The van der Waals surface area contributed by atoms with E-state index in [1.807, 2.05) is 5.38 Å². The number of carbonyl (C=O) groups is 2. The van der Waals surface area contributed by atoms with Crippen LogP contribution in [-0.4, -0.2) is 46.6 Å². The fourth-order valence-electron chi connectivity index (χ4n) is 2.82. The fraction of sp³-hybridized carbons (Fsp3) is 0.667. The molecule has 1 saturated carbocycles. The zero-order valence-corrected chi connectivity index (χ0v) is 13.8. The Morgan fingerprint density at radius 1 is 1.45 bits per heavy atom. The van der Waals surface area contributed by atoms with Crippen LogP contribution in [-0.2, 0) is 4.79 Å². The molecule has 1 aliphatic carbocycles. The second-order valence-electron chi connectivity index (χ2n) is 5.99. The van der Waals surface area contributed by atoms with Crippen molar-refractivity contribution in [1.29, 1.82) is 0 Å². The second kappa shape index (κ2) is 7.58. The van der Waals surface area contributed by atoms with Crippen molar-refractivity contribution in [3.63, 3.8) is 0 Å². The lowest BCUT2D eigenvalue weighted by Crippen LogP contribution is -2.45. The summed E-state index contributed by atoms with van der Waals surface area (Å²) in [6.45, 7) is 2.67. The molecule has 1 aromatic heterocycles. The zero-order chi connectivity index (χ0) is 16.1. The molecule has 0 aromatic carbocycles. The van der Waals surface area contributed by atoms with Crippen LogP contribution in [0.4, 0.5) is 4.79 Å². The molecular weight excluding hydrogens is 302 g/mol. The average molecular weight is 325 g/mol. The first-order chi connectivity index (χ1) is 10.5. The van der Waals surface area contributed by atoms with Crippen LogP contribution in [0.5, 0.6) is 0 Å². The second-order valence-corrected chi connectivity index (χ2v) is 6.91. The summed E-state index contributed by atoms with van der Waals surface area (Å²) >= 11 is 1.60. The Kier molecular flexibility index (Phi) is 5.76. The third kappa shape index (κ3) is 4.43. The van der Waals surface area contributed by atoms with Crippen molar-refractivity contribution in [2.45, 2.75) is 44.6 Å². The van der Waals surface area contributed by atoms with Gasteiger partial charge in [0, 0.05) is 37.1 Å². The van der Waals surface area contributed by atoms with Crippen LogP contribution in [0, 0.1) is 5.92 Å². The average Bonchev–Trinajstić information content (AvgIpc) is 3.02. The van der Waals surface area contributed by atoms with Crippen LogP contribution in [0.2, 0.25) is 0 Å². The maximum Gasteiger partial charge on any atom is 0.317 e. The molecule has 0 spiro atoms. The van der Waals surface area contributed by atoms with Gasteiger partial charge < -0.3 is 15.3 Å². The van der Waals surface area contributed by atoms with Crippen LogP contribution in [0.1, 0.15) is 43.5 Å². The summed E-state index contributed by atoms with van der Waals surface area (Å²) in [4.78, 5) is 29.1. The van der Waals surface area contributed by atoms with Gasteiger partial charge in [0.15, 0.2) is 0 Å². The largest absolute Gasteiger partial charge is 0.481 e. The molecule has 1 atom stereocenters. The highest BCUT2D eigenvalue weighted by atomic mass is 32.1. The number of hydrogen-bond donors (Lipinski definition) is 2. The summed E-state index contributed by atoms with van der Waals surface area (Å²) in [6.07, 6.45) is 4.52. The first-order valence-corrected chi connectivity index (χ1v) is 8.49. The molecule has 0 aliphatic heterocycles. The number of aliphatic carboxylic acids is 1. The molecule has 0 radical (unpaired) electrons. The normalized spacial score (nSPS) is 22.8. The lowest BCUT2D eigenvalue weighted by Gasteiger charge is -2.29.